The predicted octanol–water partition coefficient (Wildman–Crippen LogP) is 3.33. The lowest BCUT2D eigenvalue weighted by Gasteiger charge is -2.20. The molecule has 3 nitrogen and oxygen atoms in total. The number of nitrogens with zero attached hydrogens (tertiary/aromatic N) is 1. The SMILES string of the molecule is O=C(c1ccc(Br)c(C(F)(F)F)c1)N1CCCOCC1. The van der Waals surface area contributed by atoms with Crippen LogP contribution in [-0.4, -0.2) is 37.1 Å². The minimum atomic E-state index is -4.49. The fraction of sp³-hybridized carbons (Fsp3) is 0.462. The van der Waals surface area contributed by atoms with Gasteiger partial charge in [0.25, 0.3) is 5.91 Å². The van der Waals surface area contributed by atoms with Gasteiger partial charge in [-0.25, -0.2) is 0 Å². The van der Waals surface area contributed by atoms with E-state index in [9.17, 15) is 18.0 Å². The molecule has 7 heteroatoms. The molecule has 1 aliphatic heterocycles. The highest BCUT2D eigenvalue weighted by atomic mass is 79.9. The number of hydrogen-bond donors (Lipinski definition) is 0. The number of amides is 1. The van der Waals surface area contributed by atoms with Gasteiger partial charge in [-0.15, -0.1) is 0 Å². The molecular formula is C13H13BrF3NO2. The van der Waals surface area contributed by atoms with E-state index in [1.165, 1.54) is 17.0 Å². The zero-order valence-electron chi connectivity index (χ0n) is 10.5. The number of ether oxygens (including phenoxy) is 1. The summed E-state index contributed by atoms with van der Waals surface area (Å²) in [6, 6.07) is 3.54. The molecular weight excluding hydrogens is 339 g/mol. The topological polar surface area (TPSA) is 29.5 Å². The van der Waals surface area contributed by atoms with E-state index in [0.29, 0.717) is 32.7 Å². The molecule has 0 N–H and O–H groups in total. The first-order valence-corrected chi connectivity index (χ1v) is 6.92. The molecule has 1 amide bonds. The summed E-state index contributed by atoms with van der Waals surface area (Å²) in [5, 5.41) is 0. The third-order valence-electron chi connectivity index (χ3n) is 3.03. The molecule has 1 aromatic rings. The monoisotopic (exact) mass is 351 g/mol. The van der Waals surface area contributed by atoms with Crippen LogP contribution in [0, 0.1) is 0 Å². The molecule has 0 aliphatic carbocycles. The standard InChI is InChI=1S/C13H13BrF3NO2/c14-11-3-2-9(8-10(11)13(15,16)17)12(19)18-4-1-6-20-7-5-18/h2-3,8H,1,4-7H2. The van der Waals surface area contributed by atoms with Gasteiger partial charge in [0, 0.05) is 29.7 Å². The van der Waals surface area contributed by atoms with Crippen molar-refractivity contribution >= 4 is 21.8 Å². The van der Waals surface area contributed by atoms with Crippen LogP contribution in [0.5, 0.6) is 0 Å². The Morgan fingerprint density at radius 3 is 2.70 bits per heavy atom. The minimum absolute atomic E-state index is 0.0439. The number of hydrogen-bond acceptors (Lipinski definition) is 2. The highest BCUT2D eigenvalue weighted by molar-refractivity contribution is 9.10. The van der Waals surface area contributed by atoms with Crippen molar-refractivity contribution in [3.63, 3.8) is 0 Å². The van der Waals surface area contributed by atoms with Gasteiger partial charge >= 0.3 is 6.18 Å². The van der Waals surface area contributed by atoms with Gasteiger partial charge in [-0.05, 0) is 24.6 Å². The number of rotatable bonds is 1. The van der Waals surface area contributed by atoms with Crippen molar-refractivity contribution < 1.29 is 22.7 Å². The lowest BCUT2D eigenvalue weighted by Crippen LogP contribution is -2.33. The normalized spacial score (nSPS) is 16.9. The van der Waals surface area contributed by atoms with Crippen molar-refractivity contribution in [3.05, 3.63) is 33.8 Å². The Hall–Kier alpha value is -1.08. The highest BCUT2D eigenvalue weighted by Crippen LogP contribution is 2.35. The Morgan fingerprint density at radius 1 is 1.25 bits per heavy atom. The van der Waals surface area contributed by atoms with Crippen LogP contribution in [0.3, 0.4) is 0 Å². The van der Waals surface area contributed by atoms with E-state index in [0.717, 1.165) is 6.07 Å². The van der Waals surface area contributed by atoms with E-state index in [4.69, 9.17) is 4.74 Å². The molecule has 0 atom stereocenters. The third kappa shape index (κ3) is 3.52. The molecule has 0 unspecified atom stereocenters. The van der Waals surface area contributed by atoms with E-state index < -0.39 is 17.6 Å². The van der Waals surface area contributed by atoms with E-state index in [1.807, 2.05) is 0 Å². The van der Waals surface area contributed by atoms with Gasteiger partial charge in [-0.1, -0.05) is 15.9 Å². The van der Waals surface area contributed by atoms with Gasteiger partial charge in [0.15, 0.2) is 0 Å². The van der Waals surface area contributed by atoms with Crippen LogP contribution in [0.2, 0.25) is 0 Å². The Bertz CT molecular complexity index is 497. The van der Waals surface area contributed by atoms with E-state index in [1.54, 1.807) is 0 Å². The van der Waals surface area contributed by atoms with Crippen LogP contribution >= 0.6 is 15.9 Å². The molecule has 20 heavy (non-hydrogen) atoms. The number of carbonyl (C=O) groups excluding carboxylic acids is 1. The average Bonchev–Trinajstić information content (AvgIpc) is 2.66. The molecule has 1 heterocycles. The van der Waals surface area contributed by atoms with Crippen molar-refractivity contribution in [2.24, 2.45) is 0 Å². The number of benzene rings is 1. The van der Waals surface area contributed by atoms with E-state index >= 15 is 0 Å². The van der Waals surface area contributed by atoms with Crippen molar-refractivity contribution in [2.45, 2.75) is 12.6 Å². The third-order valence-corrected chi connectivity index (χ3v) is 3.72. The Balaban J connectivity index is 2.26. The maximum absolute atomic E-state index is 12.8. The Morgan fingerprint density at radius 2 is 2.00 bits per heavy atom. The van der Waals surface area contributed by atoms with Gasteiger partial charge in [0.2, 0.25) is 0 Å². The van der Waals surface area contributed by atoms with Crippen LogP contribution in [0.1, 0.15) is 22.3 Å². The van der Waals surface area contributed by atoms with Crippen molar-refractivity contribution in [1.82, 2.24) is 4.90 Å². The summed E-state index contributed by atoms with van der Waals surface area (Å²) in [5.74, 6) is -0.395. The molecule has 1 aromatic carbocycles. The first-order valence-electron chi connectivity index (χ1n) is 6.13. The summed E-state index contributed by atoms with van der Waals surface area (Å²) >= 11 is 2.86. The second kappa shape index (κ2) is 6.13. The summed E-state index contributed by atoms with van der Waals surface area (Å²) < 4.78 is 43.6. The average molecular weight is 352 g/mol. The summed E-state index contributed by atoms with van der Waals surface area (Å²) in [6.07, 6.45) is -3.80. The number of alkyl halides is 3. The summed E-state index contributed by atoms with van der Waals surface area (Å²) in [5.41, 5.74) is -0.795. The predicted molar refractivity (Wildman–Crippen MR) is 70.5 cm³/mol. The molecule has 1 aliphatic rings. The van der Waals surface area contributed by atoms with Crippen LogP contribution in [-0.2, 0) is 10.9 Å². The Kier molecular flexibility index (Phi) is 4.70. The highest BCUT2D eigenvalue weighted by Gasteiger charge is 2.34. The van der Waals surface area contributed by atoms with Gasteiger partial charge < -0.3 is 9.64 Å². The fourth-order valence-corrected chi connectivity index (χ4v) is 2.48. The Labute approximate surface area is 122 Å². The van der Waals surface area contributed by atoms with Crippen LogP contribution in [0.4, 0.5) is 13.2 Å². The zero-order chi connectivity index (χ0) is 14.8. The number of halogens is 4. The molecule has 0 radical (unpaired) electrons. The lowest BCUT2D eigenvalue weighted by molar-refractivity contribution is -0.138. The maximum atomic E-state index is 12.8. The quantitative estimate of drug-likeness (QED) is 0.776. The van der Waals surface area contributed by atoms with Crippen molar-refractivity contribution in [3.8, 4) is 0 Å². The van der Waals surface area contributed by atoms with Gasteiger partial charge in [0.05, 0.1) is 12.2 Å². The molecule has 1 fully saturated rings. The van der Waals surface area contributed by atoms with E-state index in [-0.39, 0.29) is 10.0 Å². The maximum Gasteiger partial charge on any atom is 0.417 e. The van der Waals surface area contributed by atoms with Crippen molar-refractivity contribution in [1.29, 1.82) is 0 Å². The van der Waals surface area contributed by atoms with Crippen LogP contribution in [0.25, 0.3) is 0 Å². The summed E-state index contributed by atoms with van der Waals surface area (Å²) in [7, 11) is 0. The lowest BCUT2D eigenvalue weighted by atomic mass is 10.1. The smallest absolute Gasteiger partial charge is 0.380 e. The van der Waals surface area contributed by atoms with Crippen LogP contribution < -0.4 is 0 Å². The molecule has 2 rings (SSSR count). The van der Waals surface area contributed by atoms with E-state index in [2.05, 4.69) is 15.9 Å². The zero-order valence-corrected chi connectivity index (χ0v) is 12.1. The molecule has 1 saturated heterocycles. The second-order valence-electron chi connectivity index (χ2n) is 4.45. The van der Waals surface area contributed by atoms with Crippen LogP contribution in [0.15, 0.2) is 22.7 Å². The number of carbonyl (C=O) groups is 1. The molecule has 0 aromatic heterocycles. The van der Waals surface area contributed by atoms with Gasteiger partial charge in [-0.2, -0.15) is 13.2 Å². The molecule has 110 valence electrons. The summed E-state index contributed by atoms with van der Waals surface area (Å²) in [4.78, 5) is 13.8. The first-order chi connectivity index (χ1) is 9.39. The first kappa shape index (κ1) is 15.3. The minimum Gasteiger partial charge on any atom is -0.380 e. The van der Waals surface area contributed by atoms with Crippen molar-refractivity contribution in [2.75, 3.05) is 26.3 Å². The molecule has 0 bridgehead atoms. The second-order valence-corrected chi connectivity index (χ2v) is 5.30. The molecule has 0 spiro atoms. The largest absolute Gasteiger partial charge is 0.417 e. The van der Waals surface area contributed by atoms with Gasteiger partial charge in [0.1, 0.15) is 0 Å². The summed E-state index contributed by atoms with van der Waals surface area (Å²) in [6.45, 7) is 1.87. The van der Waals surface area contributed by atoms with Gasteiger partial charge in [-0.3, -0.25) is 4.79 Å². The fourth-order valence-electron chi connectivity index (χ4n) is 2.01. The molecule has 0 saturated carbocycles.